The molecule has 0 radical (unpaired) electrons. The van der Waals surface area contributed by atoms with Gasteiger partial charge in [-0.05, 0) is 24.8 Å². The Kier molecular flexibility index (Phi) is 3.17. The Morgan fingerprint density at radius 2 is 2.00 bits per heavy atom. The fourth-order valence-corrected chi connectivity index (χ4v) is 1.94. The third kappa shape index (κ3) is 2.34. The topological polar surface area (TPSA) is 35.2 Å². The molecular weight excluding hydrogens is 174 g/mol. The van der Waals surface area contributed by atoms with E-state index in [0.29, 0.717) is 6.61 Å². The molecule has 0 amide bonds. The molecule has 2 heteroatoms. The fraction of sp³-hybridized carbons (Fsp3) is 0.500. The number of rotatable bonds is 3. The molecule has 2 atom stereocenters. The lowest BCUT2D eigenvalue weighted by atomic mass is 10.2. The first kappa shape index (κ1) is 9.69. The second kappa shape index (κ2) is 4.58. The molecule has 1 aliphatic rings. The lowest BCUT2D eigenvalue weighted by Crippen LogP contribution is -2.31. The Morgan fingerprint density at radius 3 is 2.64 bits per heavy atom. The molecule has 2 rings (SSSR count). The lowest BCUT2D eigenvalue weighted by molar-refractivity contribution is 0.0357. The molecule has 76 valence electrons. The van der Waals surface area contributed by atoms with E-state index in [1.54, 1.807) is 0 Å². The van der Waals surface area contributed by atoms with Crippen LogP contribution in [0.3, 0.4) is 0 Å². The van der Waals surface area contributed by atoms with Crippen molar-refractivity contribution in [1.29, 1.82) is 0 Å². The van der Waals surface area contributed by atoms with Crippen LogP contribution in [0.2, 0.25) is 0 Å². The van der Waals surface area contributed by atoms with Crippen LogP contribution in [0.4, 0.5) is 0 Å². The summed E-state index contributed by atoms with van der Waals surface area (Å²) in [7, 11) is 0. The number of hydrogen-bond donors (Lipinski definition) is 1. The number of nitrogens with two attached hydrogens (primary N) is 1. The Balaban J connectivity index is 1.82. The minimum Gasteiger partial charge on any atom is -0.372 e. The van der Waals surface area contributed by atoms with E-state index in [0.717, 1.165) is 12.8 Å². The maximum absolute atomic E-state index is 5.92. The van der Waals surface area contributed by atoms with Gasteiger partial charge in [0.15, 0.2) is 0 Å². The average Bonchev–Trinajstić information content (AvgIpc) is 2.63. The van der Waals surface area contributed by atoms with Gasteiger partial charge in [-0.25, -0.2) is 0 Å². The highest BCUT2D eigenvalue weighted by Crippen LogP contribution is 2.21. The highest BCUT2D eigenvalue weighted by Gasteiger charge is 2.24. The van der Waals surface area contributed by atoms with Crippen LogP contribution < -0.4 is 5.73 Å². The Hall–Kier alpha value is -0.860. The Labute approximate surface area is 85.1 Å². The normalized spacial score (nSPS) is 26.6. The summed E-state index contributed by atoms with van der Waals surface area (Å²) in [5.74, 6) is 0. The fourth-order valence-electron chi connectivity index (χ4n) is 1.94. The van der Waals surface area contributed by atoms with E-state index in [9.17, 15) is 0 Å². The van der Waals surface area contributed by atoms with Gasteiger partial charge < -0.3 is 10.5 Å². The van der Waals surface area contributed by atoms with Gasteiger partial charge in [0.25, 0.3) is 0 Å². The zero-order valence-electron chi connectivity index (χ0n) is 8.36. The van der Waals surface area contributed by atoms with Crippen LogP contribution in [0.5, 0.6) is 0 Å². The third-order valence-electron chi connectivity index (χ3n) is 2.81. The minimum absolute atomic E-state index is 0.249. The summed E-state index contributed by atoms with van der Waals surface area (Å²) in [4.78, 5) is 0. The SMILES string of the molecule is N[C@@H]1CCCC1OCc1ccccc1. The highest BCUT2D eigenvalue weighted by atomic mass is 16.5. The molecule has 1 saturated carbocycles. The monoisotopic (exact) mass is 191 g/mol. The first-order valence-corrected chi connectivity index (χ1v) is 5.27. The van der Waals surface area contributed by atoms with E-state index in [1.165, 1.54) is 12.0 Å². The van der Waals surface area contributed by atoms with E-state index < -0.39 is 0 Å². The van der Waals surface area contributed by atoms with E-state index in [4.69, 9.17) is 10.5 Å². The summed E-state index contributed by atoms with van der Waals surface area (Å²) >= 11 is 0. The number of ether oxygens (including phenoxy) is 1. The van der Waals surface area contributed by atoms with Crippen LogP contribution in [-0.4, -0.2) is 12.1 Å². The van der Waals surface area contributed by atoms with Crippen LogP contribution in [-0.2, 0) is 11.3 Å². The average molecular weight is 191 g/mol. The molecule has 0 bridgehead atoms. The molecule has 2 nitrogen and oxygen atoms in total. The van der Waals surface area contributed by atoms with Gasteiger partial charge in [0, 0.05) is 6.04 Å². The van der Waals surface area contributed by atoms with Gasteiger partial charge in [0.2, 0.25) is 0 Å². The van der Waals surface area contributed by atoms with Gasteiger partial charge in [0.05, 0.1) is 12.7 Å². The third-order valence-corrected chi connectivity index (χ3v) is 2.81. The molecule has 0 spiro atoms. The van der Waals surface area contributed by atoms with Crippen LogP contribution >= 0.6 is 0 Å². The predicted octanol–water partition coefficient (Wildman–Crippen LogP) is 2.08. The van der Waals surface area contributed by atoms with Crippen LogP contribution in [0.25, 0.3) is 0 Å². The van der Waals surface area contributed by atoms with Crippen molar-refractivity contribution in [3.63, 3.8) is 0 Å². The van der Waals surface area contributed by atoms with E-state index in [-0.39, 0.29) is 12.1 Å². The van der Waals surface area contributed by atoms with Crippen molar-refractivity contribution in [2.45, 2.75) is 38.0 Å². The van der Waals surface area contributed by atoms with Crippen LogP contribution in [0.1, 0.15) is 24.8 Å². The quantitative estimate of drug-likeness (QED) is 0.794. The van der Waals surface area contributed by atoms with Gasteiger partial charge in [0.1, 0.15) is 0 Å². The second-order valence-corrected chi connectivity index (χ2v) is 3.93. The maximum Gasteiger partial charge on any atom is 0.0730 e. The molecule has 2 N–H and O–H groups in total. The smallest absolute Gasteiger partial charge is 0.0730 e. The van der Waals surface area contributed by atoms with Crippen molar-refractivity contribution < 1.29 is 4.74 Å². The van der Waals surface area contributed by atoms with E-state index in [2.05, 4.69) is 12.1 Å². The zero-order valence-corrected chi connectivity index (χ0v) is 8.36. The first-order valence-electron chi connectivity index (χ1n) is 5.27. The first-order chi connectivity index (χ1) is 6.86. The highest BCUT2D eigenvalue weighted by molar-refractivity contribution is 5.13. The Bertz CT molecular complexity index is 273. The van der Waals surface area contributed by atoms with Gasteiger partial charge in [-0.3, -0.25) is 0 Å². The van der Waals surface area contributed by atoms with Crippen molar-refractivity contribution in [3.05, 3.63) is 35.9 Å². The number of benzene rings is 1. The van der Waals surface area contributed by atoms with Crippen LogP contribution in [0.15, 0.2) is 30.3 Å². The van der Waals surface area contributed by atoms with Crippen molar-refractivity contribution in [1.82, 2.24) is 0 Å². The maximum atomic E-state index is 5.92. The summed E-state index contributed by atoms with van der Waals surface area (Å²) in [5, 5.41) is 0. The van der Waals surface area contributed by atoms with Crippen molar-refractivity contribution in [3.8, 4) is 0 Å². The Morgan fingerprint density at radius 1 is 1.21 bits per heavy atom. The molecule has 1 aromatic carbocycles. The molecule has 0 heterocycles. The molecule has 0 saturated heterocycles. The summed E-state index contributed by atoms with van der Waals surface area (Å²) in [6, 6.07) is 10.5. The van der Waals surface area contributed by atoms with E-state index >= 15 is 0 Å². The minimum atomic E-state index is 0.249. The molecule has 0 aromatic heterocycles. The van der Waals surface area contributed by atoms with Crippen molar-refractivity contribution in [2.24, 2.45) is 5.73 Å². The molecule has 1 aromatic rings. The summed E-state index contributed by atoms with van der Waals surface area (Å²) in [5.41, 5.74) is 7.15. The van der Waals surface area contributed by atoms with Crippen molar-refractivity contribution >= 4 is 0 Å². The van der Waals surface area contributed by atoms with Gasteiger partial charge in [-0.2, -0.15) is 0 Å². The summed E-state index contributed by atoms with van der Waals surface area (Å²) in [6.45, 7) is 0.694. The summed E-state index contributed by atoms with van der Waals surface area (Å²) < 4.78 is 5.78. The number of hydrogen-bond acceptors (Lipinski definition) is 2. The lowest BCUT2D eigenvalue weighted by Gasteiger charge is -2.16. The van der Waals surface area contributed by atoms with E-state index in [1.807, 2.05) is 18.2 Å². The molecule has 1 unspecified atom stereocenters. The molecule has 0 aliphatic heterocycles. The zero-order chi connectivity index (χ0) is 9.80. The second-order valence-electron chi connectivity index (χ2n) is 3.93. The predicted molar refractivity (Wildman–Crippen MR) is 56.8 cm³/mol. The standard InChI is InChI=1S/C12H17NO/c13-11-7-4-8-12(11)14-9-10-5-2-1-3-6-10/h1-3,5-6,11-12H,4,7-9,13H2/t11-,12?/m1/s1. The molecular formula is C12H17NO. The van der Waals surface area contributed by atoms with Gasteiger partial charge in [-0.1, -0.05) is 30.3 Å². The van der Waals surface area contributed by atoms with Gasteiger partial charge in [-0.15, -0.1) is 0 Å². The molecule has 1 fully saturated rings. The largest absolute Gasteiger partial charge is 0.372 e. The molecule has 1 aliphatic carbocycles. The van der Waals surface area contributed by atoms with Crippen molar-refractivity contribution in [2.75, 3.05) is 0 Å². The molecule has 14 heavy (non-hydrogen) atoms. The van der Waals surface area contributed by atoms with Crippen LogP contribution in [0, 0.1) is 0 Å². The summed E-state index contributed by atoms with van der Waals surface area (Å²) in [6.07, 6.45) is 3.71. The van der Waals surface area contributed by atoms with Gasteiger partial charge >= 0.3 is 0 Å².